The second-order valence-corrected chi connectivity index (χ2v) is 13.7. The lowest BCUT2D eigenvalue weighted by molar-refractivity contribution is 0.661. The van der Waals surface area contributed by atoms with Gasteiger partial charge in [-0.2, -0.15) is 0 Å². The zero-order valence-corrected chi connectivity index (χ0v) is 28.9. The molecule has 10 rings (SSSR count). The lowest BCUT2D eigenvalue weighted by Gasteiger charge is -2.30. The van der Waals surface area contributed by atoms with Gasteiger partial charge in [-0.3, -0.25) is 0 Å². The summed E-state index contributed by atoms with van der Waals surface area (Å²) in [6.07, 6.45) is 0. The van der Waals surface area contributed by atoms with Crippen molar-refractivity contribution in [3.8, 4) is 11.1 Å². The van der Waals surface area contributed by atoms with Crippen LogP contribution in [0.2, 0.25) is 0 Å². The maximum absolute atomic E-state index is 8.81. The summed E-state index contributed by atoms with van der Waals surface area (Å²) in [5, 5.41) is 5.83. The van der Waals surface area contributed by atoms with Crippen molar-refractivity contribution in [2.24, 2.45) is 0 Å². The van der Waals surface area contributed by atoms with Crippen LogP contribution in [0.25, 0.3) is 43.4 Å². The first-order valence-corrected chi connectivity index (χ1v) is 17.9. The zero-order chi connectivity index (χ0) is 40.5. The summed E-state index contributed by atoms with van der Waals surface area (Å²) in [7, 11) is 0. The van der Waals surface area contributed by atoms with Crippen molar-refractivity contribution >= 4 is 66.4 Å². The average molecular weight is 685 g/mol. The Labute approximate surface area is 319 Å². The van der Waals surface area contributed by atoms with Gasteiger partial charge in [0.2, 0.25) is 0 Å². The van der Waals surface area contributed by atoms with Crippen LogP contribution >= 0.6 is 0 Å². The number of nitrogens with zero attached hydrogens (tertiary/aromatic N) is 2. The first kappa shape index (κ1) is 25.3. The summed E-state index contributed by atoms with van der Waals surface area (Å²) in [6.45, 7) is -5.70. The zero-order valence-electron chi connectivity index (χ0n) is 34.9. The molecule has 0 atom stereocenters. The van der Waals surface area contributed by atoms with E-state index in [1.165, 1.54) is 0 Å². The number of hydrogen-bond donors (Lipinski definition) is 0. The lowest BCUT2D eigenvalue weighted by Crippen LogP contribution is -2.14. The smallest absolute Gasteiger partial charge is 0.0540 e. The molecule has 0 spiro atoms. The van der Waals surface area contributed by atoms with Crippen molar-refractivity contribution in [3.63, 3.8) is 0 Å². The summed E-state index contributed by atoms with van der Waals surface area (Å²) >= 11 is 0. The van der Waals surface area contributed by atoms with Crippen LogP contribution in [0.5, 0.6) is 0 Å². The van der Waals surface area contributed by atoms with Gasteiger partial charge in [0.05, 0.1) is 5.69 Å². The second-order valence-electron chi connectivity index (χ2n) is 13.7. The molecular formula is C51H38N2. The van der Waals surface area contributed by atoms with E-state index in [2.05, 4.69) is 137 Å². The molecule has 0 N–H and O–H groups in total. The molecule has 0 bridgehead atoms. The predicted molar refractivity (Wildman–Crippen MR) is 226 cm³/mol. The van der Waals surface area contributed by atoms with Crippen LogP contribution in [0.15, 0.2) is 194 Å². The molecule has 0 unspecified atom stereocenters. The molecule has 9 aromatic rings. The third-order valence-corrected chi connectivity index (χ3v) is 10.6. The molecule has 0 heterocycles. The van der Waals surface area contributed by atoms with E-state index in [1.807, 2.05) is 54.6 Å². The van der Waals surface area contributed by atoms with Crippen LogP contribution in [0.3, 0.4) is 0 Å². The molecule has 2 nitrogen and oxygen atoms in total. The van der Waals surface area contributed by atoms with E-state index in [1.54, 1.807) is 12.1 Å². The van der Waals surface area contributed by atoms with Gasteiger partial charge in [0.15, 0.2) is 0 Å². The minimum absolute atomic E-state index is 0.311. The number of benzene rings is 9. The maximum Gasteiger partial charge on any atom is 0.0540 e. The maximum atomic E-state index is 8.81. The van der Waals surface area contributed by atoms with Crippen molar-refractivity contribution in [1.82, 2.24) is 0 Å². The van der Waals surface area contributed by atoms with E-state index in [0.29, 0.717) is 22.3 Å². The number of fused-ring (bicyclic) bond motifs is 7. The van der Waals surface area contributed by atoms with E-state index >= 15 is 0 Å². The summed E-state index contributed by atoms with van der Waals surface area (Å²) in [5.74, 6) is 0. The number of anilines is 6. The third kappa shape index (κ3) is 5.10. The number of rotatable bonds is 6. The van der Waals surface area contributed by atoms with Crippen molar-refractivity contribution in [2.75, 3.05) is 9.80 Å². The van der Waals surface area contributed by atoms with Crippen LogP contribution in [-0.2, 0) is 5.41 Å². The summed E-state index contributed by atoms with van der Waals surface area (Å²) in [5.41, 5.74) is 5.61. The van der Waals surface area contributed by atoms with E-state index in [9.17, 15) is 0 Å². The molecule has 2 heteroatoms. The first-order valence-electron chi connectivity index (χ1n) is 20.9. The monoisotopic (exact) mass is 684 g/mol. The van der Waals surface area contributed by atoms with Crippen LogP contribution in [0.1, 0.15) is 33.1 Å². The Bertz CT molecular complexity index is 3030. The van der Waals surface area contributed by atoms with Gasteiger partial charge in [0.1, 0.15) is 0 Å². The van der Waals surface area contributed by atoms with Crippen LogP contribution in [0, 0.1) is 0 Å². The van der Waals surface area contributed by atoms with E-state index in [-0.39, 0.29) is 0 Å². The average Bonchev–Trinajstić information content (AvgIpc) is 3.55. The van der Waals surface area contributed by atoms with Crippen molar-refractivity contribution < 1.29 is 8.22 Å². The van der Waals surface area contributed by atoms with Gasteiger partial charge < -0.3 is 9.80 Å². The SMILES string of the molecule is [2H]C([2H])([2H])C1(C([2H])([2H])[2H])c2ccccc2-c2cc3ccc4ccc(N(c5ccccc5)c5cccc(N(c6ccccc6)c6cccc7ccccc67)c5)cc4c3cc21. The van der Waals surface area contributed by atoms with E-state index in [0.717, 1.165) is 66.4 Å². The Morgan fingerprint density at radius 1 is 0.358 bits per heavy atom. The molecule has 0 radical (unpaired) electrons. The largest absolute Gasteiger partial charge is 0.310 e. The molecule has 0 aromatic heterocycles. The fourth-order valence-electron chi connectivity index (χ4n) is 8.16. The van der Waals surface area contributed by atoms with Gasteiger partial charge in [0.25, 0.3) is 0 Å². The van der Waals surface area contributed by atoms with Crippen molar-refractivity contribution in [2.45, 2.75) is 19.1 Å². The van der Waals surface area contributed by atoms with Gasteiger partial charge in [-0.25, -0.2) is 0 Å². The number of hydrogen-bond acceptors (Lipinski definition) is 2. The van der Waals surface area contributed by atoms with E-state index in [4.69, 9.17) is 8.22 Å². The Hall–Kier alpha value is -6.64. The Kier molecular flexibility index (Phi) is 5.86. The number of para-hydroxylation sites is 2. The van der Waals surface area contributed by atoms with Crippen molar-refractivity contribution in [3.05, 3.63) is 205 Å². The predicted octanol–water partition coefficient (Wildman–Crippen LogP) is 14.4. The highest BCUT2D eigenvalue weighted by Crippen LogP contribution is 2.51. The Balaban J connectivity index is 1.18. The minimum Gasteiger partial charge on any atom is -0.310 e. The standard InChI is InChI=1S/C51H38N2/c1-51(2)48-25-12-11-24-44(48)47-31-37-28-27-36-29-30-42(33-45(36)46(37)34-49(47)51)52(38-17-5-3-6-18-38)40-21-14-22-41(32-40)53(39-19-7-4-8-20-39)50-26-13-16-35-15-9-10-23-43(35)50/h3-34H,1-2H3/i1D3,2D3. The highest BCUT2D eigenvalue weighted by Gasteiger charge is 2.35. The Morgan fingerprint density at radius 2 is 0.925 bits per heavy atom. The molecule has 1 aliphatic carbocycles. The van der Waals surface area contributed by atoms with Gasteiger partial charge >= 0.3 is 0 Å². The highest BCUT2D eigenvalue weighted by atomic mass is 15.2. The minimum atomic E-state index is -2.85. The van der Waals surface area contributed by atoms with Gasteiger partial charge in [-0.15, -0.1) is 0 Å². The molecule has 0 amide bonds. The molecule has 252 valence electrons. The molecule has 0 fully saturated rings. The third-order valence-electron chi connectivity index (χ3n) is 10.6. The summed E-state index contributed by atoms with van der Waals surface area (Å²) < 4.78 is 52.8. The lowest BCUT2D eigenvalue weighted by atomic mass is 9.81. The van der Waals surface area contributed by atoms with Gasteiger partial charge in [0, 0.05) is 47.5 Å². The molecule has 0 saturated heterocycles. The molecule has 9 aromatic carbocycles. The van der Waals surface area contributed by atoms with Crippen molar-refractivity contribution in [1.29, 1.82) is 0 Å². The van der Waals surface area contributed by atoms with Crippen LogP contribution < -0.4 is 9.80 Å². The molecule has 0 aliphatic heterocycles. The fourth-order valence-corrected chi connectivity index (χ4v) is 8.16. The molecular weight excluding hydrogens is 641 g/mol. The highest BCUT2D eigenvalue weighted by molar-refractivity contribution is 6.11. The fraction of sp³-hybridized carbons (Fsp3) is 0.0588. The normalized spacial score (nSPS) is 15.0. The molecule has 1 aliphatic rings. The van der Waals surface area contributed by atoms with E-state index < -0.39 is 19.1 Å². The quantitative estimate of drug-likeness (QED) is 0.161. The Morgan fingerprint density at radius 3 is 1.74 bits per heavy atom. The van der Waals surface area contributed by atoms with Crippen LogP contribution in [-0.4, -0.2) is 0 Å². The summed E-state index contributed by atoms with van der Waals surface area (Å²) in [4.78, 5) is 4.52. The van der Waals surface area contributed by atoms with Gasteiger partial charge in [-0.1, -0.05) is 135 Å². The van der Waals surface area contributed by atoms with Gasteiger partial charge in [-0.05, 0) is 122 Å². The molecule has 0 saturated carbocycles. The summed E-state index contributed by atoms with van der Waals surface area (Å²) in [6, 6.07) is 65.3. The topological polar surface area (TPSA) is 6.48 Å². The first-order chi connectivity index (χ1) is 28.5. The van der Waals surface area contributed by atoms with Crippen LogP contribution in [0.4, 0.5) is 34.1 Å². The second kappa shape index (κ2) is 12.3. The molecule has 53 heavy (non-hydrogen) atoms.